The fourth-order valence-corrected chi connectivity index (χ4v) is 3.19. The minimum absolute atomic E-state index is 0.213. The van der Waals surface area contributed by atoms with Crippen LogP contribution < -0.4 is 4.74 Å². The number of rotatable bonds is 3. The number of nitriles is 1. The van der Waals surface area contributed by atoms with Gasteiger partial charge >= 0.3 is 6.03 Å². The predicted octanol–water partition coefficient (Wildman–Crippen LogP) is 2.85. The number of halogens is 2. The number of aromatic nitrogens is 1. The Morgan fingerprint density at radius 3 is 2.68 bits per heavy atom. The fourth-order valence-electron chi connectivity index (χ4n) is 3.19. The third-order valence-corrected chi connectivity index (χ3v) is 4.56. The van der Waals surface area contributed by atoms with Crippen molar-refractivity contribution in [2.24, 2.45) is 5.10 Å². The van der Waals surface area contributed by atoms with Gasteiger partial charge in [0.15, 0.2) is 0 Å². The number of nitrogens with zero attached hydrogens (tertiary/aromatic N) is 5. The van der Waals surface area contributed by atoms with Crippen molar-refractivity contribution in [2.75, 3.05) is 13.1 Å². The Labute approximate surface area is 159 Å². The summed E-state index contributed by atoms with van der Waals surface area (Å²) >= 11 is 0. The number of urea groups is 1. The molecule has 0 aliphatic carbocycles. The van der Waals surface area contributed by atoms with E-state index in [1.807, 2.05) is 6.07 Å². The zero-order valence-corrected chi connectivity index (χ0v) is 14.6. The van der Waals surface area contributed by atoms with Gasteiger partial charge in [-0.25, -0.2) is 23.6 Å². The highest BCUT2D eigenvalue weighted by Crippen LogP contribution is 2.31. The van der Waals surface area contributed by atoms with E-state index in [1.54, 1.807) is 17.2 Å². The van der Waals surface area contributed by atoms with Crippen molar-refractivity contribution in [3.63, 3.8) is 0 Å². The van der Waals surface area contributed by atoms with Gasteiger partial charge in [0.25, 0.3) is 0 Å². The van der Waals surface area contributed by atoms with Gasteiger partial charge in [0.05, 0.1) is 19.1 Å². The summed E-state index contributed by atoms with van der Waals surface area (Å²) in [6.07, 6.45) is 3.21. The molecule has 3 heterocycles. The molecule has 0 spiro atoms. The number of ether oxygens (including phenoxy) is 1. The number of carbonyl (C=O) groups excluding carboxylic acids is 1. The van der Waals surface area contributed by atoms with Crippen LogP contribution in [0.3, 0.4) is 0 Å². The number of hydrogen-bond donors (Lipinski definition) is 0. The summed E-state index contributed by atoms with van der Waals surface area (Å²) in [5.74, 6) is -0.877. The second-order valence-corrected chi connectivity index (χ2v) is 6.51. The molecular formula is C19H15F2N5O2. The standard InChI is InChI=1S/C19H15F2N5O2/c20-13-5-12(6-14(21)7-13)18-2-4-24-26(18)19(27)25-10-17(11-25)28-16-1-3-23-15(8-16)9-22/h1,3-8,17-18H,2,10-11H2/t18-/m0/s1. The van der Waals surface area contributed by atoms with Crippen LogP contribution in [0.5, 0.6) is 5.75 Å². The quantitative estimate of drug-likeness (QED) is 0.816. The second kappa shape index (κ2) is 7.23. The largest absolute Gasteiger partial charge is 0.487 e. The minimum atomic E-state index is -0.694. The van der Waals surface area contributed by atoms with Gasteiger partial charge < -0.3 is 9.64 Å². The summed E-state index contributed by atoms with van der Waals surface area (Å²) in [5, 5.41) is 14.2. The Bertz CT molecular complexity index is 964. The number of carbonyl (C=O) groups is 1. The van der Waals surface area contributed by atoms with Crippen LogP contribution in [0.2, 0.25) is 0 Å². The van der Waals surface area contributed by atoms with Gasteiger partial charge in [-0.15, -0.1) is 0 Å². The van der Waals surface area contributed by atoms with Crippen LogP contribution in [0.4, 0.5) is 13.6 Å². The van der Waals surface area contributed by atoms with Crippen LogP contribution in [-0.4, -0.2) is 46.3 Å². The van der Waals surface area contributed by atoms with E-state index >= 15 is 0 Å². The van der Waals surface area contributed by atoms with Crippen molar-refractivity contribution < 1.29 is 18.3 Å². The van der Waals surface area contributed by atoms with E-state index in [4.69, 9.17) is 10.00 Å². The van der Waals surface area contributed by atoms with Gasteiger partial charge in [0.2, 0.25) is 0 Å². The summed E-state index contributed by atoms with van der Waals surface area (Å²) in [6, 6.07) is 7.43. The lowest BCUT2D eigenvalue weighted by Gasteiger charge is -2.41. The third kappa shape index (κ3) is 3.49. The Kier molecular flexibility index (Phi) is 4.61. The summed E-state index contributed by atoms with van der Waals surface area (Å²) < 4.78 is 32.8. The van der Waals surface area contributed by atoms with Gasteiger partial charge in [-0.1, -0.05) is 0 Å². The zero-order chi connectivity index (χ0) is 19.7. The molecule has 0 saturated carbocycles. The molecule has 1 aromatic heterocycles. The summed E-state index contributed by atoms with van der Waals surface area (Å²) in [7, 11) is 0. The highest BCUT2D eigenvalue weighted by Gasteiger charge is 2.39. The molecule has 9 heteroatoms. The lowest BCUT2D eigenvalue weighted by atomic mass is 10.0. The summed E-state index contributed by atoms with van der Waals surface area (Å²) in [5.41, 5.74) is 0.610. The van der Waals surface area contributed by atoms with E-state index in [9.17, 15) is 13.6 Å². The summed E-state index contributed by atoms with van der Waals surface area (Å²) in [6.45, 7) is 0.693. The van der Waals surface area contributed by atoms with E-state index < -0.39 is 17.7 Å². The van der Waals surface area contributed by atoms with Gasteiger partial charge in [-0.3, -0.25) is 0 Å². The first-order chi connectivity index (χ1) is 13.5. The second-order valence-electron chi connectivity index (χ2n) is 6.51. The molecule has 1 saturated heterocycles. The van der Waals surface area contributed by atoms with Gasteiger partial charge in [0.1, 0.15) is 35.3 Å². The van der Waals surface area contributed by atoms with E-state index in [-0.39, 0.29) is 17.8 Å². The lowest BCUT2D eigenvalue weighted by Crippen LogP contribution is -2.58. The first kappa shape index (κ1) is 17.9. The van der Waals surface area contributed by atoms with Crippen LogP contribution >= 0.6 is 0 Å². The molecule has 142 valence electrons. The molecule has 1 fully saturated rings. The number of pyridine rings is 1. The number of benzene rings is 1. The van der Waals surface area contributed by atoms with Crippen LogP contribution in [0, 0.1) is 23.0 Å². The maximum atomic E-state index is 13.5. The Morgan fingerprint density at radius 2 is 1.96 bits per heavy atom. The topological polar surface area (TPSA) is 81.8 Å². The molecule has 1 aromatic carbocycles. The highest BCUT2D eigenvalue weighted by atomic mass is 19.1. The van der Waals surface area contributed by atoms with Crippen molar-refractivity contribution in [3.8, 4) is 11.8 Å². The highest BCUT2D eigenvalue weighted by molar-refractivity contribution is 5.79. The van der Waals surface area contributed by atoms with E-state index in [0.717, 1.165) is 6.07 Å². The minimum Gasteiger partial charge on any atom is -0.487 e. The molecule has 0 radical (unpaired) electrons. The monoisotopic (exact) mass is 383 g/mol. The first-order valence-electron chi connectivity index (χ1n) is 8.63. The van der Waals surface area contributed by atoms with Crippen LogP contribution in [-0.2, 0) is 0 Å². The molecule has 2 aromatic rings. The van der Waals surface area contributed by atoms with Crippen molar-refractivity contribution in [2.45, 2.75) is 18.6 Å². The number of hydrazone groups is 1. The summed E-state index contributed by atoms with van der Waals surface area (Å²) in [4.78, 5) is 18.1. The van der Waals surface area contributed by atoms with E-state index in [1.165, 1.54) is 29.4 Å². The molecular weight excluding hydrogens is 368 g/mol. The van der Waals surface area contributed by atoms with Crippen LogP contribution in [0.15, 0.2) is 41.6 Å². The molecule has 28 heavy (non-hydrogen) atoms. The maximum absolute atomic E-state index is 13.5. The SMILES string of the molecule is N#Cc1cc(OC2CN(C(=O)N3N=CC[C@H]3c3cc(F)cc(F)c3)C2)ccn1. The van der Waals surface area contributed by atoms with Crippen molar-refractivity contribution in [1.82, 2.24) is 14.9 Å². The fraction of sp³-hybridized carbons (Fsp3) is 0.263. The number of likely N-dealkylation sites (tertiary alicyclic amines) is 1. The van der Waals surface area contributed by atoms with Gasteiger partial charge in [0, 0.05) is 31.0 Å². The van der Waals surface area contributed by atoms with Crippen molar-refractivity contribution in [3.05, 3.63) is 59.4 Å². The first-order valence-corrected chi connectivity index (χ1v) is 8.63. The van der Waals surface area contributed by atoms with Gasteiger partial charge in [-0.2, -0.15) is 10.4 Å². The molecule has 0 bridgehead atoms. The van der Waals surface area contributed by atoms with E-state index in [2.05, 4.69) is 10.1 Å². The van der Waals surface area contributed by atoms with E-state index in [0.29, 0.717) is 30.8 Å². The lowest BCUT2D eigenvalue weighted by molar-refractivity contribution is 0.0276. The van der Waals surface area contributed by atoms with Crippen molar-refractivity contribution in [1.29, 1.82) is 5.26 Å². The zero-order valence-electron chi connectivity index (χ0n) is 14.6. The van der Waals surface area contributed by atoms with Crippen LogP contribution in [0.25, 0.3) is 0 Å². The smallest absolute Gasteiger partial charge is 0.341 e. The van der Waals surface area contributed by atoms with Gasteiger partial charge in [-0.05, 0) is 23.8 Å². The molecule has 2 amide bonds. The molecule has 2 aliphatic rings. The number of amides is 2. The molecule has 1 atom stereocenters. The van der Waals surface area contributed by atoms with Crippen molar-refractivity contribution >= 4 is 12.2 Å². The molecule has 4 rings (SSSR count). The molecule has 7 nitrogen and oxygen atoms in total. The Hall–Kier alpha value is -3.54. The average Bonchev–Trinajstić information content (AvgIpc) is 3.13. The normalized spacial score (nSPS) is 18.7. The Morgan fingerprint density at radius 1 is 1.21 bits per heavy atom. The van der Waals surface area contributed by atoms with Crippen LogP contribution in [0.1, 0.15) is 23.7 Å². The number of hydrogen-bond acceptors (Lipinski definition) is 5. The average molecular weight is 383 g/mol. The molecule has 0 unspecified atom stereocenters. The third-order valence-electron chi connectivity index (χ3n) is 4.56. The molecule has 2 aliphatic heterocycles. The predicted molar refractivity (Wildman–Crippen MR) is 94.4 cm³/mol. The maximum Gasteiger partial charge on any atom is 0.341 e. The Balaban J connectivity index is 1.38. The molecule has 0 N–H and O–H groups in total.